The number of hydrogen-bond donors (Lipinski definition) is 1. The lowest BCUT2D eigenvalue weighted by Crippen LogP contribution is -2.28. The van der Waals surface area contributed by atoms with Crippen LogP contribution in [0.4, 0.5) is 0 Å². The Morgan fingerprint density at radius 3 is 2.50 bits per heavy atom. The number of nitrogens with zero attached hydrogens (tertiary/aromatic N) is 1. The highest BCUT2D eigenvalue weighted by atomic mass is 79.9. The normalized spacial score (nSPS) is 11.0. The van der Waals surface area contributed by atoms with E-state index in [2.05, 4.69) is 51.2 Å². The summed E-state index contributed by atoms with van der Waals surface area (Å²) in [5.41, 5.74) is 8.12. The smallest absolute Gasteiger partial charge is 0.0451 e. The van der Waals surface area contributed by atoms with Crippen LogP contribution >= 0.6 is 27.5 Å². The van der Waals surface area contributed by atoms with Gasteiger partial charge in [0.25, 0.3) is 0 Å². The van der Waals surface area contributed by atoms with Gasteiger partial charge in [0.2, 0.25) is 0 Å². The molecule has 0 saturated carbocycles. The zero-order valence-corrected chi connectivity index (χ0v) is 13.6. The number of halogens is 2. The number of rotatable bonds is 6. The Hall–Kier alpha value is -0.870. The highest BCUT2D eigenvalue weighted by molar-refractivity contribution is 9.10. The summed E-state index contributed by atoms with van der Waals surface area (Å²) in [6.07, 6.45) is 0. The number of benzene rings is 2. The van der Waals surface area contributed by atoms with Crippen molar-refractivity contribution in [3.05, 3.63) is 69.2 Å². The summed E-state index contributed by atoms with van der Waals surface area (Å²) < 4.78 is 1.05. The molecular weight excluding hydrogens is 336 g/mol. The lowest BCUT2D eigenvalue weighted by molar-refractivity contribution is 0.264. The number of hydrogen-bond acceptors (Lipinski definition) is 2. The van der Waals surface area contributed by atoms with Gasteiger partial charge in [-0.15, -0.1) is 0 Å². The quantitative estimate of drug-likeness (QED) is 0.848. The van der Waals surface area contributed by atoms with E-state index in [4.69, 9.17) is 17.3 Å². The van der Waals surface area contributed by atoms with E-state index in [0.29, 0.717) is 6.54 Å². The summed E-state index contributed by atoms with van der Waals surface area (Å²) in [5.74, 6) is 0. The predicted octanol–water partition coefficient (Wildman–Crippen LogP) is 4.06. The summed E-state index contributed by atoms with van der Waals surface area (Å²) in [7, 11) is 0. The molecule has 2 aromatic carbocycles. The maximum Gasteiger partial charge on any atom is 0.0451 e. The predicted molar refractivity (Wildman–Crippen MR) is 88.8 cm³/mol. The maximum atomic E-state index is 6.26. The van der Waals surface area contributed by atoms with Crippen LogP contribution in [0, 0.1) is 0 Å². The molecule has 0 spiro atoms. The minimum absolute atomic E-state index is 0.637. The molecule has 0 amide bonds. The largest absolute Gasteiger partial charge is 0.329 e. The second-order valence-corrected chi connectivity index (χ2v) is 6.04. The second kappa shape index (κ2) is 7.79. The first kappa shape index (κ1) is 15.5. The van der Waals surface area contributed by atoms with E-state index in [1.54, 1.807) is 0 Å². The second-order valence-electron chi connectivity index (χ2n) is 4.72. The summed E-state index contributed by atoms with van der Waals surface area (Å²) in [6, 6.07) is 16.3. The van der Waals surface area contributed by atoms with Crippen LogP contribution in [-0.2, 0) is 13.1 Å². The minimum Gasteiger partial charge on any atom is -0.329 e. The van der Waals surface area contributed by atoms with E-state index in [-0.39, 0.29) is 0 Å². The summed E-state index contributed by atoms with van der Waals surface area (Å²) in [5, 5.41) is 0.795. The van der Waals surface area contributed by atoms with Crippen LogP contribution < -0.4 is 5.73 Å². The molecule has 2 aromatic rings. The van der Waals surface area contributed by atoms with E-state index in [1.807, 2.05) is 18.2 Å². The molecule has 0 unspecified atom stereocenters. The summed E-state index contributed by atoms with van der Waals surface area (Å²) >= 11 is 9.75. The van der Waals surface area contributed by atoms with E-state index >= 15 is 0 Å². The zero-order chi connectivity index (χ0) is 14.4. The van der Waals surface area contributed by atoms with Gasteiger partial charge in [0, 0.05) is 35.7 Å². The Balaban J connectivity index is 2.11. The first-order valence-corrected chi connectivity index (χ1v) is 7.76. The average molecular weight is 354 g/mol. The van der Waals surface area contributed by atoms with Gasteiger partial charge >= 0.3 is 0 Å². The average Bonchev–Trinajstić information content (AvgIpc) is 2.44. The topological polar surface area (TPSA) is 29.3 Å². The molecule has 0 aliphatic heterocycles. The van der Waals surface area contributed by atoms with Crippen LogP contribution in [0.5, 0.6) is 0 Å². The third-order valence-electron chi connectivity index (χ3n) is 3.10. The molecule has 106 valence electrons. The van der Waals surface area contributed by atoms with Crippen LogP contribution in [0.3, 0.4) is 0 Å². The van der Waals surface area contributed by atoms with Gasteiger partial charge in [0.15, 0.2) is 0 Å². The Kier molecular flexibility index (Phi) is 6.05. The van der Waals surface area contributed by atoms with Crippen LogP contribution in [-0.4, -0.2) is 18.0 Å². The molecule has 0 aliphatic rings. The highest BCUT2D eigenvalue weighted by Gasteiger charge is 2.09. The molecule has 0 atom stereocenters. The Bertz CT molecular complexity index is 545. The van der Waals surface area contributed by atoms with Crippen LogP contribution in [0.1, 0.15) is 11.1 Å². The van der Waals surface area contributed by atoms with Gasteiger partial charge in [0.1, 0.15) is 0 Å². The van der Waals surface area contributed by atoms with Gasteiger partial charge < -0.3 is 5.73 Å². The SMILES string of the molecule is NCCN(Cc1ccccc1)Cc1cc(Br)ccc1Cl. The third-order valence-corrected chi connectivity index (χ3v) is 3.96. The van der Waals surface area contributed by atoms with Crippen molar-refractivity contribution in [2.45, 2.75) is 13.1 Å². The van der Waals surface area contributed by atoms with Crippen LogP contribution in [0.15, 0.2) is 53.0 Å². The van der Waals surface area contributed by atoms with Gasteiger partial charge in [-0.1, -0.05) is 57.9 Å². The van der Waals surface area contributed by atoms with E-state index < -0.39 is 0 Å². The van der Waals surface area contributed by atoms with Crippen molar-refractivity contribution in [3.63, 3.8) is 0 Å². The van der Waals surface area contributed by atoms with Crippen molar-refractivity contribution in [1.82, 2.24) is 4.90 Å². The molecule has 2 N–H and O–H groups in total. The van der Waals surface area contributed by atoms with Crippen molar-refractivity contribution < 1.29 is 0 Å². The molecule has 0 heterocycles. The summed E-state index contributed by atoms with van der Waals surface area (Å²) in [6.45, 7) is 3.15. The molecule has 0 aliphatic carbocycles. The van der Waals surface area contributed by atoms with Gasteiger partial charge in [-0.05, 0) is 29.3 Å². The molecule has 0 saturated heterocycles. The van der Waals surface area contributed by atoms with E-state index in [9.17, 15) is 0 Å². The standard InChI is InChI=1S/C16H18BrClN2/c17-15-6-7-16(18)14(10-15)12-20(9-8-19)11-13-4-2-1-3-5-13/h1-7,10H,8-9,11-12,19H2. The van der Waals surface area contributed by atoms with Crippen molar-refractivity contribution in [3.8, 4) is 0 Å². The fourth-order valence-corrected chi connectivity index (χ4v) is 2.73. The molecule has 20 heavy (non-hydrogen) atoms. The lowest BCUT2D eigenvalue weighted by atomic mass is 10.1. The highest BCUT2D eigenvalue weighted by Crippen LogP contribution is 2.23. The monoisotopic (exact) mass is 352 g/mol. The Morgan fingerprint density at radius 2 is 1.80 bits per heavy atom. The van der Waals surface area contributed by atoms with Gasteiger partial charge in [0.05, 0.1) is 0 Å². The van der Waals surface area contributed by atoms with Gasteiger partial charge in [-0.2, -0.15) is 0 Å². The van der Waals surface area contributed by atoms with E-state index in [1.165, 1.54) is 5.56 Å². The van der Waals surface area contributed by atoms with Crippen molar-refractivity contribution in [2.75, 3.05) is 13.1 Å². The van der Waals surface area contributed by atoms with Crippen molar-refractivity contribution >= 4 is 27.5 Å². The Morgan fingerprint density at radius 1 is 1.05 bits per heavy atom. The molecule has 0 fully saturated rings. The third kappa shape index (κ3) is 4.60. The maximum absolute atomic E-state index is 6.26. The lowest BCUT2D eigenvalue weighted by Gasteiger charge is -2.22. The fraction of sp³-hybridized carbons (Fsp3) is 0.250. The fourth-order valence-electron chi connectivity index (χ4n) is 2.14. The van der Waals surface area contributed by atoms with Crippen molar-refractivity contribution in [2.24, 2.45) is 5.73 Å². The molecule has 2 nitrogen and oxygen atoms in total. The van der Waals surface area contributed by atoms with Crippen LogP contribution in [0.2, 0.25) is 5.02 Å². The molecule has 2 rings (SSSR count). The Labute approximate surface area is 133 Å². The van der Waals surface area contributed by atoms with Gasteiger partial charge in [-0.25, -0.2) is 0 Å². The molecule has 0 aromatic heterocycles. The van der Waals surface area contributed by atoms with Crippen LogP contribution in [0.25, 0.3) is 0 Å². The van der Waals surface area contributed by atoms with E-state index in [0.717, 1.165) is 34.7 Å². The summed E-state index contributed by atoms with van der Waals surface area (Å²) in [4.78, 5) is 2.31. The minimum atomic E-state index is 0.637. The first-order valence-electron chi connectivity index (χ1n) is 6.59. The molecule has 0 bridgehead atoms. The first-order chi connectivity index (χ1) is 9.69. The van der Waals surface area contributed by atoms with Crippen molar-refractivity contribution in [1.29, 1.82) is 0 Å². The molecule has 0 radical (unpaired) electrons. The number of nitrogens with two attached hydrogens (primary N) is 1. The molecular formula is C16H18BrClN2. The van der Waals surface area contributed by atoms with Gasteiger partial charge in [-0.3, -0.25) is 4.90 Å². The molecule has 4 heteroatoms. The zero-order valence-electron chi connectivity index (χ0n) is 11.2.